The molecule has 1 heterocycles. The minimum Gasteiger partial charge on any atom is -0.496 e. The van der Waals surface area contributed by atoms with Crippen molar-refractivity contribution in [3.63, 3.8) is 0 Å². The fourth-order valence-corrected chi connectivity index (χ4v) is 3.45. The van der Waals surface area contributed by atoms with E-state index in [1.807, 2.05) is 30.2 Å². The fourth-order valence-electron chi connectivity index (χ4n) is 1.91. The lowest BCUT2D eigenvalue weighted by atomic mass is 10.2. The number of hydrogen-bond donors (Lipinski definition) is 0. The quantitative estimate of drug-likeness (QED) is 0.836. The average Bonchev–Trinajstić information content (AvgIpc) is 2.65. The molecule has 0 saturated heterocycles. The third-order valence-electron chi connectivity index (χ3n) is 2.89. The minimum atomic E-state index is 0.0853. The maximum absolute atomic E-state index is 12.3. The van der Waals surface area contributed by atoms with E-state index in [9.17, 15) is 4.79 Å². The third-order valence-corrected chi connectivity index (χ3v) is 4.61. The lowest BCUT2D eigenvalue weighted by Gasteiger charge is -2.08. The monoisotopic (exact) mass is 344 g/mol. The Balaban J connectivity index is 2.31. The second kappa shape index (κ2) is 6.07. The van der Waals surface area contributed by atoms with Crippen molar-refractivity contribution in [1.82, 2.24) is 8.86 Å². The van der Waals surface area contributed by atoms with Crippen LogP contribution in [0.1, 0.15) is 6.42 Å². The van der Waals surface area contributed by atoms with E-state index in [1.165, 1.54) is 11.5 Å². The molecule has 0 fully saturated rings. The van der Waals surface area contributed by atoms with Crippen LogP contribution in [0.15, 0.2) is 21.4 Å². The summed E-state index contributed by atoms with van der Waals surface area (Å²) in [6, 6.07) is 3.75. The molecule has 6 heteroatoms. The van der Waals surface area contributed by atoms with Gasteiger partial charge in [0.15, 0.2) is 0 Å². The molecule has 0 aliphatic carbocycles. The highest BCUT2D eigenvalue weighted by Gasteiger charge is 2.11. The predicted octanol–water partition coefficient (Wildman–Crippen LogP) is 2.79. The molecule has 0 spiro atoms. The highest BCUT2D eigenvalue weighted by atomic mass is 79.9. The first-order chi connectivity index (χ1) is 9.02. The molecule has 0 aliphatic heterocycles. The molecule has 4 nitrogen and oxygen atoms in total. The summed E-state index contributed by atoms with van der Waals surface area (Å²) in [7, 11) is 5.70. The van der Waals surface area contributed by atoms with Crippen LogP contribution in [0.4, 0.5) is 0 Å². The number of halogens is 1. The van der Waals surface area contributed by atoms with Crippen LogP contribution in [0.2, 0.25) is 0 Å². The van der Waals surface area contributed by atoms with Crippen molar-refractivity contribution in [2.45, 2.75) is 13.0 Å². The number of methoxy groups -OCH3 is 1. The molecule has 0 atom stereocenters. The van der Waals surface area contributed by atoms with Crippen LogP contribution in [0.3, 0.4) is 0 Å². The van der Waals surface area contributed by atoms with Gasteiger partial charge in [0.25, 0.3) is 5.56 Å². The molecular weight excluding hydrogens is 328 g/mol. The Morgan fingerprint density at radius 2 is 2.16 bits per heavy atom. The van der Waals surface area contributed by atoms with E-state index in [0.717, 1.165) is 39.8 Å². The molecule has 0 bridgehead atoms. The van der Waals surface area contributed by atoms with Gasteiger partial charge in [0.1, 0.15) is 5.75 Å². The van der Waals surface area contributed by atoms with Crippen molar-refractivity contribution in [3.8, 4) is 5.75 Å². The number of hydrogen-bond acceptors (Lipinski definition) is 4. The number of rotatable bonds is 5. The van der Waals surface area contributed by atoms with Gasteiger partial charge in [-0.25, -0.2) is 0 Å². The molecule has 1 aromatic heterocycles. The lowest BCUT2D eigenvalue weighted by Crippen LogP contribution is -2.18. The molecule has 0 aliphatic rings. The molecule has 104 valence electrons. The van der Waals surface area contributed by atoms with Gasteiger partial charge in [-0.1, -0.05) is 11.5 Å². The van der Waals surface area contributed by atoms with Crippen molar-refractivity contribution < 1.29 is 4.74 Å². The van der Waals surface area contributed by atoms with Gasteiger partial charge in [-0.2, -0.15) is 0 Å². The highest BCUT2D eigenvalue weighted by Crippen LogP contribution is 2.31. The van der Waals surface area contributed by atoms with Crippen molar-refractivity contribution in [2.24, 2.45) is 0 Å². The summed E-state index contributed by atoms with van der Waals surface area (Å²) in [5, 5.41) is 0.752. The van der Waals surface area contributed by atoms with Gasteiger partial charge in [-0.15, -0.1) is 0 Å². The van der Waals surface area contributed by atoms with E-state index in [-0.39, 0.29) is 5.56 Å². The Kier molecular flexibility index (Phi) is 4.65. The molecule has 2 aromatic rings. The summed E-state index contributed by atoms with van der Waals surface area (Å²) in [4.78, 5) is 14.4. The highest BCUT2D eigenvalue weighted by molar-refractivity contribution is 9.10. The van der Waals surface area contributed by atoms with Crippen LogP contribution in [0, 0.1) is 0 Å². The maximum Gasteiger partial charge on any atom is 0.268 e. The van der Waals surface area contributed by atoms with Gasteiger partial charge in [0.2, 0.25) is 0 Å². The zero-order valence-corrected chi connectivity index (χ0v) is 13.7. The summed E-state index contributed by atoms with van der Waals surface area (Å²) in [6.45, 7) is 1.74. The van der Waals surface area contributed by atoms with Gasteiger partial charge < -0.3 is 9.64 Å². The molecule has 19 heavy (non-hydrogen) atoms. The topological polar surface area (TPSA) is 34.5 Å². The standard InChI is InChI=1S/C13H17BrN2O2S/c1-15(2)5-4-6-16-13(17)9-7-10(14)11(18-3)8-12(9)19-16/h7-8H,4-6H2,1-3H3. The summed E-state index contributed by atoms with van der Waals surface area (Å²) in [5.41, 5.74) is 0.0853. The van der Waals surface area contributed by atoms with Crippen molar-refractivity contribution in [1.29, 1.82) is 0 Å². The van der Waals surface area contributed by atoms with Crippen molar-refractivity contribution >= 4 is 37.5 Å². The number of aromatic nitrogens is 1. The predicted molar refractivity (Wildman–Crippen MR) is 83.5 cm³/mol. The Labute approximate surface area is 124 Å². The first-order valence-electron chi connectivity index (χ1n) is 6.05. The molecule has 2 rings (SSSR count). The van der Waals surface area contributed by atoms with E-state index in [1.54, 1.807) is 7.11 Å². The number of nitrogens with zero attached hydrogens (tertiary/aromatic N) is 2. The molecule has 0 N–H and O–H groups in total. The van der Waals surface area contributed by atoms with Gasteiger partial charge in [0.05, 0.1) is 21.7 Å². The Morgan fingerprint density at radius 3 is 2.79 bits per heavy atom. The normalized spacial score (nSPS) is 11.4. The van der Waals surface area contributed by atoms with Crippen LogP contribution in [-0.4, -0.2) is 36.6 Å². The van der Waals surface area contributed by atoms with Crippen LogP contribution < -0.4 is 10.3 Å². The zero-order valence-electron chi connectivity index (χ0n) is 11.3. The van der Waals surface area contributed by atoms with Crippen molar-refractivity contribution in [2.75, 3.05) is 27.7 Å². The minimum absolute atomic E-state index is 0.0853. The average molecular weight is 345 g/mol. The Morgan fingerprint density at radius 1 is 1.42 bits per heavy atom. The molecule has 1 aromatic carbocycles. The lowest BCUT2D eigenvalue weighted by molar-refractivity contribution is 0.389. The molecular formula is C13H17BrN2O2S. The van der Waals surface area contributed by atoms with E-state index in [0.29, 0.717) is 0 Å². The van der Waals surface area contributed by atoms with E-state index < -0.39 is 0 Å². The zero-order chi connectivity index (χ0) is 14.0. The Hall–Kier alpha value is -0.850. The fraction of sp³-hybridized carbons (Fsp3) is 0.462. The molecule has 0 radical (unpaired) electrons. The van der Waals surface area contributed by atoms with Gasteiger partial charge >= 0.3 is 0 Å². The maximum atomic E-state index is 12.3. The van der Waals surface area contributed by atoms with E-state index in [2.05, 4.69) is 20.8 Å². The summed E-state index contributed by atoms with van der Waals surface area (Å²) >= 11 is 4.92. The van der Waals surface area contributed by atoms with Gasteiger partial charge in [0, 0.05) is 12.6 Å². The second-order valence-corrected chi connectivity index (χ2v) is 6.56. The second-order valence-electron chi connectivity index (χ2n) is 4.64. The van der Waals surface area contributed by atoms with E-state index in [4.69, 9.17) is 4.74 Å². The molecule has 0 unspecified atom stereocenters. The summed E-state index contributed by atoms with van der Waals surface area (Å²) in [6.07, 6.45) is 0.970. The first kappa shape index (κ1) is 14.6. The van der Waals surface area contributed by atoms with Crippen LogP contribution in [-0.2, 0) is 6.54 Å². The van der Waals surface area contributed by atoms with Crippen LogP contribution >= 0.6 is 27.5 Å². The van der Waals surface area contributed by atoms with Crippen molar-refractivity contribution in [3.05, 3.63) is 27.0 Å². The Bertz CT molecular complexity index is 633. The number of ether oxygens (including phenoxy) is 1. The van der Waals surface area contributed by atoms with Crippen LogP contribution in [0.5, 0.6) is 5.75 Å². The summed E-state index contributed by atoms with van der Waals surface area (Å²) in [5.74, 6) is 0.759. The largest absolute Gasteiger partial charge is 0.496 e. The smallest absolute Gasteiger partial charge is 0.268 e. The van der Waals surface area contributed by atoms with E-state index >= 15 is 0 Å². The van der Waals surface area contributed by atoms with Gasteiger partial charge in [-0.3, -0.25) is 8.75 Å². The number of fused-ring (bicyclic) bond motifs is 1. The SMILES string of the molecule is COc1cc2sn(CCCN(C)C)c(=O)c2cc1Br. The first-order valence-corrected chi connectivity index (χ1v) is 7.61. The number of aryl methyl sites for hydroxylation is 1. The van der Waals surface area contributed by atoms with Crippen LogP contribution in [0.25, 0.3) is 10.1 Å². The number of benzene rings is 1. The third kappa shape index (κ3) is 3.19. The molecule has 0 amide bonds. The summed E-state index contributed by atoms with van der Waals surface area (Å²) < 4.78 is 8.86. The van der Waals surface area contributed by atoms with Gasteiger partial charge in [-0.05, 0) is 49.1 Å². The molecule has 0 saturated carbocycles.